The zero-order valence-corrected chi connectivity index (χ0v) is 20.3. The largest absolute Gasteiger partial charge is 0.497 e. The van der Waals surface area contributed by atoms with Gasteiger partial charge < -0.3 is 18.9 Å². The molecule has 2 aromatic rings. The van der Waals surface area contributed by atoms with Crippen molar-refractivity contribution in [2.75, 3.05) is 32.8 Å². The third-order valence-corrected chi connectivity index (χ3v) is 5.58. The van der Waals surface area contributed by atoms with Crippen molar-refractivity contribution in [3.05, 3.63) is 45.9 Å². The fraction of sp³-hybridized carbons (Fsp3) is 0.227. The van der Waals surface area contributed by atoms with E-state index >= 15 is 0 Å². The van der Waals surface area contributed by atoms with E-state index in [1.54, 1.807) is 30.3 Å². The summed E-state index contributed by atoms with van der Waals surface area (Å²) in [5.74, 6) is 0.708. The van der Waals surface area contributed by atoms with Crippen LogP contribution in [0.1, 0.15) is 12.5 Å². The highest BCUT2D eigenvalue weighted by molar-refractivity contribution is 9.10. The number of methoxy groups -OCH3 is 3. The number of ether oxygens (including phenoxy) is 4. The molecule has 3 rings (SSSR count). The van der Waals surface area contributed by atoms with Crippen molar-refractivity contribution in [2.24, 2.45) is 0 Å². The van der Waals surface area contributed by atoms with E-state index in [2.05, 4.69) is 21.2 Å². The summed E-state index contributed by atoms with van der Waals surface area (Å²) in [7, 11) is 4.50. The van der Waals surface area contributed by atoms with Gasteiger partial charge >= 0.3 is 0 Å². The molecular formula is C22H21BrN2O6S. The molecule has 0 atom stereocenters. The molecule has 0 aliphatic carbocycles. The van der Waals surface area contributed by atoms with E-state index in [1.165, 1.54) is 32.3 Å². The van der Waals surface area contributed by atoms with Gasteiger partial charge in [0.15, 0.2) is 16.6 Å². The molecule has 2 amide bonds. The van der Waals surface area contributed by atoms with Crippen molar-refractivity contribution in [3.63, 3.8) is 0 Å². The first kappa shape index (κ1) is 23.6. The van der Waals surface area contributed by atoms with E-state index in [9.17, 15) is 9.59 Å². The van der Waals surface area contributed by atoms with E-state index in [4.69, 9.17) is 31.2 Å². The van der Waals surface area contributed by atoms with Gasteiger partial charge in [-0.1, -0.05) is 15.9 Å². The number of rotatable bonds is 7. The summed E-state index contributed by atoms with van der Waals surface area (Å²) in [5.41, 5.74) is 0.819. The van der Waals surface area contributed by atoms with Crippen LogP contribution in [0.15, 0.2) is 40.4 Å². The number of halogens is 1. The van der Waals surface area contributed by atoms with Crippen LogP contribution in [-0.2, 0) is 9.59 Å². The Morgan fingerprint density at radius 2 is 1.75 bits per heavy atom. The Morgan fingerprint density at radius 1 is 1.03 bits per heavy atom. The third-order valence-electron chi connectivity index (χ3n) is 4.61. The third kappa shape index (κ3) is 4.56. The molecule has 0 aromatic heterocycles. The Bertz CT molecular complexity index is 1120. The number of nitrogens with zero attached hydrogens (tertiary/aromatic N) is 1. The minimum Gasteiger partial charge on any atom is -0.497 e. The zero-order chi connectivity index (χ0) is 23.4. The lowest BCUT2D eigenvalue weighted by Gasteiger charge is -2.30. The monoisotopic (exact) mass is 520 g/mol. The van der Waals surface area contributed by atoms with Gasteiger partial charge in [0.2, 0.25) is 0 Å². The molecule has 0 bridgehead atoms. The number of amides is 2. The molecule has 168 valence electrons. The van der Waals surface area contributed by atoms with E-state index < -0.39 is 11.8 Å². The number of hydrogen-bond donors (Lipinski definition) is 1. The number of hydrogen-bond acceptors (Lipinski definition) is 7. The van der Waals surface area contributed by atoms with Crippen molar-refractivity contribution in [1.29, 1.82) is 0 Å². The van der Waals surface area contributed by atoms with Gasteiger partial charge in [0.1, 0.15) is 17.1 Å². The molecule has 1 saturated heterocycles. The Morgan fingerprint density at radius 3 is 2.38 bits per heavy atom. The van der Waals surface area contributed by atoms with Gasteiger partial charge in [0.05, 0.1) is 33.6 Å². The minimum atomic E-state index is -0.608. The Labute approximate surface area is 199 Å². The molecule has 0 radical (unpaired) electrons. The maximum Gasteiger partial charge on any atom is 0.270 e. The number of nitrogens with one attached hydrogen (secondary N) is 1. The van der Waals surface area contributed by atoms with Crippen molar-refractivity contribution in [1.82, 2.24) is 5.32 Å². The quantitative estimate of drug-likeness (QED) is 0.338. The van der Waals surface area contributed by atoms with Crippen molar-refractivity contribution in [3.8, 4) is 23.0 Å². The number of carbonyl (C=O) groups is 2. The van der Waals surface area contributed by atoms with Crippen LogP contribution in [0.5, 0.6) is 23.0 Å². The molecule has 8 nitrogen and oxygen atoms in total. The molecular weight excluding hydrogens is 500 g/mol. The summed E-state index contributed by atoms with van der Waals surface area (Å²) in [4.78, 5) is 27.2. The summed E-state index contributed by atoms with van der Waals surface area (Å²) in [5, 5.41) is 2.51. The zero-order valence-electron chi connectivity index (χ0n) is 17.9. The lowest BCUT2D eigenvalue weighted by Crippen LogP contribution is -2.54. The summed E-state index contributed by atoms with van der Waals surface area (Å²) in [6.07, 6.45) is 1.46. The first-order valence-electron chi connectivity index (χ1n) is 9.48. The van der Waals surface area contributed by atoms with Crippen LogP contribution in [0.25, 0.3) is 6.08 Å². The van der Waals surface area contributed by atoms with Crippen LogP contribution < -0.4 is 29.2 Å². The summed E-state index contributed by atoms with van der Waals surface area (Å²) < 4.78 is 22.2. The van der Waals surface area contributed by atoms with E-state index in [-0.39, 0.29) is 10.7 Å². The highest BCUT2D eigenvalue weighted by atomic mass is 79.9. The van der Waals surface area contributed by atoms with Gasteiger partial charge in [-0.25, -0.2) is 4.90 Å². The van der Waals surface area contributed by atoms with Gasteiger partial charge in [-0.3, -0.25) is 14.9 Å². The van der Waals surface area contributed by atoms with Crippen LogP contribution in [-0.4, -0.2) is 44.9 Å². The molecule has 1 heterocycles. The van der Waals surface area contributed by atoms with Crippen molar-refractivity contribution < 1.29 is 28.5 Å². The van der Waals surface area contributed by atoms with E-state index in [0.29, 0.717) is 45.3 Å². The molecule has 10 heteroatoms. The van der Waals surface area contributed by atoms with Crippen LogP contribution in [0.2, 0.25) is 0 Å². The Kier molecular flexibility index (Phi) is 7.37. The lowest BCUT2D eigenvalue weighted by atomic mass is 10.1. The van der Waals surface area contributed by atoms with Crippen LogP contribution in [0, 0.1) is 0 Å². The molecule has 1 fully saturated rings. The normalized spacial score (nSPS) is 15.0. The van der Waals surface area contributed by atoms with Gasteiger partial charge in [-0.15, -0.1) is 0 Å². The van der Waals surface area contributed by atoms with Gasteiger partial charge in [-0.2, -0.15) is 0 Å². The summed E-state index contributed by atoms with van der Waals surface area (Å²) in [6.45, 7) is 2.32. The van der Waals surface area contributed by atoms with Gasteiger partial charge in [0, 0.05) is 10.5 Å². The molecule has 0 saturated carbocycles. The number of carbonyl (C=O) groups excluding carboxylic acids is 2. The van der Waals surface area contributed by atoms with Gasteiger partial charge in [-0.05, 0) is 55.0 Å². The van der Waals surface area contributed by atoms with Crippen LogP contribution in [0.4, 0.5) is 5.69 Å². The average Bonchev–Trinajstić information content (AvgIpc) is 2.78. The maximum absolute atomic E-state index is 13.4. The second kappa shape index (κ2) is 10.0. The Hall–Kier alpha value is -3.11. The van der Waals surface area contributed by atoms with E-state index in [1.807, 2.05) is 6.92 Å². The first-order chi connectivity index (χ1) is 15.3. The standard InChI is InChI=1S/C22H21BrN2O6S/c1-5-31-19-11-15(23)12(9-18(19)30-4)8-14-20(26)24-22(32)25(21(14)27)16-7-6-13(28-2)10-17(16)29-3/h6-11H,5H2,1-4H3,(H,24,26,32)/b14-8+. The second-order valence-corrected chi connectivity index (χ2v) is 7.69. The second-order valence-electron chi connectivity index (χ2n) is 6.45. The minimum absolute atomic E-state index is 0.0519. The van der Waals surface area contributed by atoms with Crippen molar-refractivity contribution in [2.45, 2.75) is 6.92 Å². The smallest absolute Gasteiger partial charge is 0.270 e. The van der Waals surface area contributed by atoms with Crippen LogP contribution in [0.3, 0.4) is 0 Å². The number of anilines is 1. The molecule has 0 spiro atoms. The lowest BCUT2D eigenvalue weighted by molar-refractivity contribution is -0.122. The fourth-order valence-electron chi connectivity index (χ4n) is 3.09. The molecule has 2 aromatic carbocycles. The highest BCUT2D eigenvalue weighted by Crippen LogP contribution is 2.37. The molecule has 1 aliphatic rings. The predicted octanol–water partition coefficient (Wildman–Crippen LogP) is 3.70. The number of thiocarbonyl (C=S) groups is 1. The summed E-state index contributed by atoms with van der Waals surface area (Å²) >= 11 is 8.74. The van der Waals surface area contributed by atoms with E-state index in [0.717, 1.165) is 0 Å². The SMILES string of the molecule is CCOc1cc(Br)c(/C=C2\C(=O)NC(=S)N(c3ccc(OC)cc3OC)C2=O)cc1OC. The summed E-state index contributed by atoms with van der Waals surface area (Å²) in [6, 6.07) is 8.32. The van der Waals surface area contributed by atoms with Gasteiger partial charge in [0.25, 0.3) is 11.8 Å². The topological polar surface area (TPSA) is 86.3 Å². The predicted molar refractivity (Wildman–Crippen MR) is 128 cm³/mol. The average molecular weight is 521 g/mol. The highest BCUT2D eigenvalue weighted by Gasteiger charge is 2.36. The molecule has 0 unspecified atom stereocenters. The fourth-order valence-corrected chi connectivity index (χ4v) is 3.80. The maximum atomic E-state index is 13.4. The molecule has 32 heavy (non-hydrogen) atoms. The van der Waals surface area contributed by atoms with Crippen LogP contribution >= 0.6 is 28.1 Å². The molecule has 1 N–H and O–H groups in total. The van der Waals surface area contributed by atoms with Crippen molar-refractivity contribution >= 4 is 56.8 Å². The Balaban J connectivity index is 2.07. The molecule has 1 aliphatic heterocycles. The first-order valence-corrected chi connectivity index (χ1v) is 10.7. The number of benzene rings is 2.